The fourth-order valence-corrected chi connectivity index (χ4v) is 2.17. The van der Waals surface area contributed by atoms with E-state index in [1.807, 2.05) is 44.2 Å². The van der Waals surface area contributed by atoms with Crippen molar-refractivity contribution in [3.8, 4) is 0 Å². The molecule has 0 spiro atoms. The van der Waals surface area contributed by atoms with Crippen LogP contribution in [0.15, 0.2) is 30.3 Å². The number of amides is 2. The average Bonchev–Trinajstić information content (AvgIpc) is 2.50. The van der Waals surface area contributed by atoms with Crippen LogP contribution in [0.3, 0.4) is 0 Å². The molecule has 0 saturated heterocycles. The molecule has 4 N–H and O–H groups in total. The van der Waals surface area contributed by atoms with Gasteiger partial charge in [0.2, 0.25) is 11.8 Å². The molecule has 1 rings (SSSR count). The SMILES string of the molecule is CCC(CC)(CN)C(=O)NCCC(=O)Nc1ccccc1. The maximum Gasteiger partial charge on any atom is 0.227 e. The van der Waals surface area contributed by atoms with Gasteiger partial charge >= 0.3 is 0 Å². The minimum atomic E-state index is -0.518. The molecule has 0 aliphatic heterocycles. The Bertz CT molecular complexity index is 448. The number of carbonyl (C=O) groups is 2. The lowest BCUT2D eigenvalue weighted by Gasteiger charge is -2.28. The summed E-state index contributed by atoms with van der Waals surface area (Å²) >= 11 is 0. The van der Waals surface area contributed by atoms with Crippen LogP contribution in [-0.4, -0.2) is 24.9 Å². The number of benzene rings is 1. The normalized spacial score (nSPS) is 11.0. The zero-order valence-electron chi connectivity index (χ0n) is 12.8. The van der Waals surface area contributed by atoms with E-state index < -0.39 is 5.41 Å². The van der Waals surface area contributed by atoms with Crippen molar-refractivity contribution < 1.29 is 9.59 Å². The predicted molar refractivity (Wildman–Crippen MR) is 84.8 cm³/mol. The van der Waals surface area contributed by atoms with E-state index in [0.29, 0.717) is 25.9 Å². The maximum atomic E-state index is 12.2. The van der Waals surface area contributed by atoms with E-state index in [2.05, 4.69) is 10.6 Å². The predicted octanol–water partition coefficient (Wildman–Crippen LogP) is 1.90. The third kappa shape index (κ3) is 4.86. The number of para-hydroxylation sites is 1. The largest absolute Gasteiger partial charge is 0.355 e. The van der Waals surface area contributed by atoms with Crippen molar-refractivity contribution in [3.63, 3.8) is 0 Å². The smallest absolute Gasteiger partial charge is 0.227 e. The lowest BCUT2D eigenvalue weighted by molar-refractivity contribution is -0.131. The number of nitrogens with two attached hydrogens (primary N) is 1. The lowest BCUT2D eigenvalue weighted by atomic mass is 9.81. The highest BCUT2D eigenvalue weighted by Gasteiger charge is 2.32. The summed E-state index contributed by atoms with van der Waals surface area (Å²) in [5.74, 6) is -0.185. The van der Waals surface area contributed by atoms with Crippen LogP contribution < -0.4 is 16.4 Å². The Labute approximate surface area is 126 Å². The third-order valence-corrected chi connectivity index (χ3v) is 3.92. The molecule has 0 heterocycles. The van der Waals surface area contributed by atoms with Crippen molar-refractivity contribution >= 4 is 17.5 Å². The molecule has 0 aliphatic carbocycles. The molecule has 116 valence electrons. The quantitative estimate of drug-likeness (QED) is 0.684. The van der Waals surface area contributed by atoms with Gasteiger partial charge in [-0.1, -0.05) is 32.0 Å². The average molecular weight is 291 g/mol. The second-order valence-corrected chi connectivity index (χ2v) is 5.11. The van der Waals surface area contributed by atoms with Crippen LogP contribution in [-0.2, 0) is 9.59 Å². The van der Waals surface area contributed by atoms with Crippen LogP contribution in [0.2, 0.25) is 0 Å². The molecule has 0 saturated carbocycles. The van der Waals surface area contributed by atoms with Gasteiger partial charge in [0.25, 0.3) is 0 Å². The number of carbonyl (C=O) groups excluding carboxylic acids is 2. The molecule has 0 unspecified atom stereocenters. The highest BCUT2D eigenvalue weighted by Crippen LogP contribution is 2.24. The van der Waals surface area contributed by atoms with Gasteiger partial charge in [-0.25, -0.2) is 0 Å². The number of hydrogen-bond acceptors (Lipinski definition) is 3. The monoisotopic (exact) mass is 291 g/mol. The van der Waals surface area contributed by atoms with Gasteiger partial charge in [-0.2, -0.15) is 0 Å². The van der Waals surface area contributed by atoms with Crippen molar-refractivity contribution in [2.75, 3.05) is 18.4 Å². The molecular formula is C16H25N3O2. The number of anilines is 1. The van der Waals surface area contributed by atoms with Crippen LogP contribution >= 0.6 is 0 Å². The van der Waals surface area contributed by atoms with Crippen molar-refractivity contribution in [2.24, 2.45) is 11.1 Å². The molecule has 0 fully saturated rings. The summed E-state index contributed by atoms with van der Waals surface area (Å²) in [6, 6.07) is 9.25. The van der Waals surface area contributed by atoms with E-state index in [9.17, 15) is 9.59 Å². The standard InChI is InChI=1S/C16H25N3O2/c1-3-16(4-2,12-17)15(21)18-11-10-14(20)19-13-8-6-5-7-9-13/h5-9H,3-4,10-12,17H2,1-2H3,(H,18,21)(H,19,20). The van der Waals surface area contributed by atoms with Crippen LogP contribution in [0.5, 0.6) is 0 Å². The molecular weight excluding hydrogens is 266 g/mol. The van der Waals surface area contributed by atoms with Crippen LogP contribution in [0.1, 0.15) is 33.1 Å². The minimum Gasteiger partial charge on any atom is -0.355 e. The Morgan fingerprint density at radius 1 is 1.14 bits per heavy atom. The third-order valence-electron chi connectivity index (χ3n) is 3.92. The zero-order chi connectivity index (χ0) is 15.7. The molecule has 0 bridgehead atoms. The number of rotatable bonds is 8. The Morgan fingerprint density at radius 2 is 1.76 bits per heavy atom. The molecule has 1 aromatic rings. The summed E-state index contributed by atoms with van der Waals surface area (Å²) in [7, 11) is 0. The molecule has 0 radical (unpaired) electrons. The van der Waals surface area contributed by atoms with E-state index >= 15 is 0 Å². The molecule has 2 amide bonds. The first kappa shape index (κ1) is 17.2. The highest BCUT2D eigenvalue weighted by molar-refractivity contribution is 5.91. The molecule has 0 aliphatic rings. The lowest BCUT2D eigenvalue weighted by Crippen LogP contribution is -2.45. The van der Waals surface area contributed by atoms with Gasteiger partial charge in [0.05, 0.1) is 5.41 Å². The number of hydrogen-bond donors (Lipinski definition) is 3. The summed E-state index contributed by atoms with van der Waals surface area (Å²) in [5.41, 5.74) is 5.96. The Balaban J connectivity index is 2.39. The second kappa shape index (κ2) is 8.42. The summed E-state index contributed by atoms with van der Waals surface area (Å²) in [4.78, 5) is 23.9. The van der Waals surface area contributed by atoms with Gasteiger partial charge in [0, 0.05) is 25.2 Å². The van der Waals surface area contributed by atoms with E-state index in [4.69, 9.17) is 5.73 Å². The molecule has 0 atom stereocenters. The van der Waals surface area contributed by atoms with Crippen molar-refractivity contribution in [1.29, 1.82) is 0 Å². The number of nitrogens with one attached hydrogen (secondary N) is 2. The van der Waals surface area contributed by atoms with Crippen molar-refractivity contribution in [3.05, 3.63) is 30.3 Å². The van der Waals surface area contributed by atoms with E-state index in [-0.39, 0.29) is 18.2 Å². The van der Waals surface area contributed by atoms with Crippen LogP contribution in [0.25, 0.3) is 0 Å². The zero-order valence-corrected chi connectivity index (χ0v) is 12.8. The van der Waals surface area contributed by atoms with Gasteiger partial charge in [0.1, 0.15) is 0 Å². The Kier molecular flexibility index (Phi) is 6.88. The van der Waals surface area contributed by atoms with E-state index in [1.165, 1.54) is 0 Å². The first-order valence-corrected chi connectivity index (χ1v) is 7.41. The van der Waals surface area contributed by atoms with Crippen molar-refractivity contribution in [1.82, 2.24) is 5.32 Å². The van der Waals surface area contributed by atoms with Crippen molar-refractivity contribution in [2.45, 2.75) is 33.1 Å². The first-order valence-electron chi connectivity index (χ1n) is 7.41. The summed E-state index contributed by atoms with van der Waals surface area (Å²) in [6.07, 6.45) is 1.64. The van der Waals surface area contributed by atoms with Gasteiger partial charge in [-0.05, 0) is 25.0 Å². The summed E-state index contributed by atoms with van der Waals surface area (Å²) in [5, 5.41) is 5.59. The molecule has 5 heteroatoms. The van der Waals surface area contributed by atoms with Gasteiger partial charge in [0.15, 0.2) is 0 Å². The Morgan fingerprint density at radius 3 is 2.29 bits per heavy atom. The minimum absolute atomic E-state index is 0.0671. The van der Waals surface area contributed by atoms with Crippen LogP contribution in [0, 0.1) is 5.41 Å². The topological polar surface area (TPSA) is 84.2 Å². The molecule has 5 nitrogen and oxygen atoms in total. The molecule has 0 aromatic heterocycles. The second-order valence-electron chi connectivity index (χ2n) is 5.11. The van der Waals surface area contributed by atoms with Gasteiger partial charge < -0.3 is 16.4 Å². The highest BCUT2D eigenvalue weighted by atomic mass is 16.2. The van der Waals surface area contributed by atoms with Gasteiger partial charge in [-0.15, -0.1) is 0 Å². The van der Waals surface area contributed by atoms with Gasteiger partial charge in [-0.3, -0.25) is 9.59 Å². The summed E-state index contributed by atoms with van der Waals surface area (Å²) in [6.45, 7) is 4.55. The van der Waals surface area contributed by atoms with E-state index in [1.54, 1.807) is 0 Å². The fraction of sp³-hybridized carbons (Fsp3) is 0.500. The fourth-order valence-electron chi connectivity index (χ4n) is 2.17. The maximum absolute atomic E-state index is 12.2. The van der Waals surface area contributed by atoms with Crippen LogP contribution in [0.4, 0.5) is 5.69 Å². The molecule has 1 aromatic carbocycles. The van der Waals surface area contributed by atoms with E-state index in [0.717, 1.165) is 5.69 Å². The Hall–Kier alpha value is -1.88. The first-order chi connectivity index (χ1) is 10.1. The summed E-state index contributed by atoms with van der Waals surface area (Å²) < 4.78 is 0. The molecule has 21 heavy (non-hydrogen) atoms.